The molecule has 0 aromatic heterocycles. The number of nitrogens with one attached hydrogen (secondary N) is 4. The molecule has 0 saturated carbocycles. The molecule has 1 fully saturated rings. The van der Waals surface area contributed by atoms with Gasteiger partial charge in [0, 0.05) is 30.7 Å². The number of nitrogens with zero attached hydrogens (tertiary/aromatic N) is 3. The fraction of sp³-hybridized carbons (Fsp3) is 0.605. The van der Waals surface area contributed by atoms with Crippen LogP contribution in [0.3, 0.4) is 0 Å². The topological polar surface area (TPSA) is 155 Å². The second-order valence-corrected chi connectivity index (χ2v) is 15.4. The summed E-state index contributed by atoms with van der Waals surface area (Å²) < 4.78 is 16.1. The minimum atomic E-state index is -0.683. The van der Waals surface area contributed by atoms with Gasteiger partial charge < -0.3 is 29.7 Å². The molecule has 1 saturated heterocycles. The van der Waals surface area contributed by atoms with Gasteiger partial charge in [0.25, 0.3) is 0 Å². The normalized spacial score (nSPS) is 18.7. The van der Waals surface area contributed by atoms with Crippen molar-refractivity contribution in [2.24, 2.45) is 15.9 Å². The summed E-state index contributed by atoms with van der Waals surface area (Å²) in [5.41, 5.74) is 3.22. The maximum Gasteiger partial charge on any atom is 0.414 e. The third-order valence-corrected chi connectivity index (χ3v) is 8.07. The summed E-state index contributed by atoms with van der Waals surface area (Å²) in [5, 5.41) is 12.7. The summed E-state index contributed by atoms with van der Waals surface area (Å²) >= 11 is 0. The van der Waals surface area contributed by atoms with E-state index in [0.29, 0.717) is 43.7 Å². The van der Waals surface area contributed by atoms with Gasteiger partial charge in [-0.1, -0.05) is 23.3 Å². The molecule has 4 N–H and O–H groups in total. The van der Waals surface area contributed by atoms with Gasteiger partial charge in [-0.25, -0.2) is 24.4 Å². The standard InChI is InChI=1S/C38H59N7O6/c1-24(2)16-20-40-33(43-35(47)50-37(5,6)7)39-19-12-13-29-27-18-22-45(31(27)28-23-26(32(46)49-11)14-15-30(28)42-29)34(41-21-17-25(3)4)44-36(48)51-38(8,9)10/h14-17,23,27,29,31,42H,12-13,18-22H2,1-11H3,(H,41,44,48)(H2,39,40,43,47)/t27-,29-,31?/m0/s1. The number of methoxy groups -OCH3 is 1. The van der Waals surface area contributed by atoms with E-state index in [-0.39, 0.29) is 18.0 Å². The van der Waals surface area contributed by atoms with Crippen LogP contribution in [0.25, 0.3) is 0 Å². The Bertz CT molecular complexity index is 1510. The predicted octanol–water partition coefficient (Wildman–Crippen LogP) is 6.69. The monoisotopic (exact) mass is 709 g/mol. The molecule has 0 radical (unpaired) electrons. The minimum absolute atomic E-state index is 0.0729. The molecule has 1 aromatic carbocycles. The molecular formula is C38H59N7O6. The van der Waals surface area contributed by atoms with Crippen molar-refractivity contribution in [1.29, 1.82) is 0 Å². The molecule has 2 aliphatic rings. The van der Waals surface area contributed by atoms with E-state index in [1.165, 1.54) is 7.11 Å². The number of guanidine groups is 2. The van der Waals surface area contributed by atoms with Gasteiger partial charge in [-0.05, 0) is 112 Å². The molecule has 13 heteroatoms. The van der Waals surface area contributed by atoms with E-state index in [1.807, 2.05) is 93.5 Å². The van der Waals surface area contributed by atoms with Crippen molar-refractivity contribution in [3.8, 4) is 0 Å². The first-order chi connectivity index (χ1) is 23.9. The number of fused-ring (bicyclic) bond motifs is 3. The number of carbonyl (C=O) groups is 3. The zero-order valence-corrected chi connectivity index (χ0v) is 32.4. The van der Waals surface area contributed by atoms with Crippen LogP contribution in [0.4, 0.5) is 15.3 Å². The van der Waals surface area contributed by atoms with Gasteiger partial charge in [0.15, 0.2) is 0 Å². The Morgan fingerprint density at radius 2 is 1.53 bits per heavy atom. The first kappa shape index (κ1) is 40.9. The summed E-state index contributed by atoms with van der Waals surface area (Å²) in [5.74, 6) is 0.495. The van der Waals surface area contributed by atoms with E-state index in [1.54, 1.807) is 6.07 Å². The lowest BCUT2D eigenvalue weighted by Gasteiger charge is -2.41. The second kappa shape index (κ2) is 18.1. The number of alkyl carbamates (subject to hydrolysis) is 2. The van der Waals surface area contributed by atoms with E-state index >= 15 is 0 Å². The Morgan fingerprint density at radius 1 is 0.922 bits per heavy atom. The number of amides is 2. The van der Waals surface area contributed by atoms with E-state index in [0.717, 1.165) is 41.7 Å². The molecule has 2 amide bonds. The third kappa shape index (κ3) is 13.3. The lowest BCUT2D eigenvalue weighted by Crippen LogP contribution is -2.48. The zero-order valence-electron chi connectivity index (χ0n) is 32.4. The molecule has 2 heterocycles. The van der Waals surface area contributed by atoms with Crippen molar-refractivity contribution in [3.05, 3.63) is 52.6 Å². The number of esters is 1. The van der Waals surface area contributed by atoms with Crippen molar-refractivity contribution in [2.75, 3.05) is 38.6 Å². The first-order valence-electron chi connectivity index (χ1n) is 17.7. The van der Waals surface area contributed by atoms with Crippen molar-refractivity contribution >= 4 is 35.8 Å². The lowest BCUT2D eigenvalue weighted by atomic mass is 9.80. The number of hydrogen-bond acceptors (Lipinski definition) is 9. The van der Waals surface area contributed by atoms with Crippen LogP contribution in [0, 0.1) is 5.92 Å². The number of carbonyl (C=O) groups excluding carboxylic acids is 3. The molecule has 282 valence electrons. The molecule has 0 aliphatic carbocycles. The van der Waals surface area contributed by atoms with Gasteiger partial charge in [0.05, 0.1) is 31.8 Å². The molecule has 1 unspecified atom stereocenters. The number of likely N-dealkylation sites (tertiary alicyclic amines) is 1. The van der Waals surface area contributed by atoms with Gasteiger partial charge in [0.1, 0.15) is 11.2 Å². The van der Waals surface area contributed by atoms with Crippen molar-refractivity contribution in [3.63, 3.8) is 0 Å². The lowest BCUT2D eigenvalue weighted by molar-refractivity contribution is 0.0545. The number of allylic oxidation sites excluding steroid dienone is 2. The molecule has 3 atom stereocenters. The molecule has 13 nitrogen and oxygen atoms in total. The number of anilines is 1. The fourth-order valence-electron chi connectivity index (χ4n) is 5.95. The molecule has 0 spiro atoms. The number of hydrogen-bond donors (Lipinski definition) is 4. The highest BCUT2D eigenvalue weighted by Crippen LogP contribution is 2.47. The largest absolute Gasteiger partial charge is 0.465 e. The van der Waals surface area contributed by atoms with Crippen molar-refractivity contribution in [2.45, 2.75) is 112 Å². The molecular weight excluding hydrogens is 650 g/mol. The summed E-state index contributed by atoms with van der Waals surface area (Å²) in [4.78, 5) is 49.7. The van der Waals surface area contributed by atoms with Gasteiger partial charge >= 0.3 is 18.2 Å². The number of ether oxygens (including phenoxy) is 3. The van der Waals surface area contributed by atoms with Crippen LogP contribution < -0.4 is 21.3 Å². The summed E-state index contributed by atoms with van der Waals surface area (Å²) in [6.45, 7) is 20.9. The summed E-state index contributed by atoms with van der Waals surface area (Å²) in [6.07, 6.45) is 5.23. The molecule has 1 aromatic rings. The maximum atomic E-state index is 13.1. The second-order valence-electron chi connectivity index (χ2n) is 15.4. The van der Waals surface area contributed by atoms with Gasteiger partial charge in [-0.2, -0.15) is 0 Å². The Balaban J connectivity index is 1.87. The Hall–Kier alpha value is -4.55. The number of benzene rings is 1. The van der Waals surface area contributed by atoms with Crippen LogP contribution in [-0.4, -0.2) is 85.5 Å². The SMILES string of the molecule is COC(=O)c1ccc2c(c1)C1[C@@H](CCN1C(=NCC=C(C)C)NC(=O)OC(C)(C)C)[C@H](CCCNC(=NCC=C(C)C)NC(=O)OC(C)(C)C)N2. The van der Waals surface area contributed by atoms with Crippen molar-refractivity contribution < 1.29 is 28.6 Å². The molecule has 3 rings (SSSR count). The Morgan fingerprint density at radius 3 is 2.12 bits per heavy atom. The first-order valence-corrected chi connectivity index (χ1v) is 17.7. The minimum Gasteiger partial charge on any atom is -0.465 e. The highest BCUT2D eigenvalue weighted by Gasteiger charge is 2.45. The van der Waals surface area contributed by atoms with Crippen LogP contribution in [-0.2, 0) is 14.2 Å². The predicted molar refractivity (Wildman–Crippen MR) is 202 cm³/mol. The van der Waals surface area contributed by atoms with Gasteiger partial charge in [-0.3, -0.25) is 10.6 Å². The van der Waals surface area contributed by atoms with E-state index in [4.69, 9.17) is 19.2 Å². The van der Waals surface area contributed by atoms with Crippen LogP contribution in [0.5, 0.6) is 0 Å². The number of rotatable bonds is 9. The molecule has 51 heavy (non-hydrogen) atoms. The smallest absolute Gasteiger partial charge is 0.414 e. The van der Waals surface area contributed by atoms with Crippen molar-refractivity contribution in [1.82, 2.24) is 20.9 Å². The van der Waals surface area contributed by atoms with Crippen LogP contribution in [0.2, 0.25) is 0 Å². The maximum absolute atomic E-state index is 13.1. The average Bonchev–Trinajstić information content (AvgIpc) is 3.45. The Kier molecular flexibility index (Phi) is 14.5. The Labute approximate surface area is 303 Å². The fourth-order valence-corrected chi connectivity index (χ4v) is 5.95. The number of aliphatic imine (C=N–C) groups is 2. The summed E-state index contributed by atoms with van der Waals surface area (Å²) in [6, 6.07) is 5.44. The highest BCUT2D eigenvalue weighted by molar-refractivity contribution is 5.95. The molecule has 0 bridgehead atoms. The van der Waals surface area contributed by atoms with Crippen LogP contribution in [0.1, 0.15) is 110 Å². The van der Waals surface area contributed by atoms with Crippen LogP contribution in [0.15, 0.2) is 51.5 Å². The van der Waals surface area contributed by atoms with E-state index < -0.39 is 29.4 Å². The zero-order chi connectivity index (χ0) is 37.9. The summed E-state index contributed by atoms with van der Waals surface area (Å²) in [7, 11) is 1.37. The van der Waals surface area contributed by atoms with Gasteiger partial charge in [0.2, 0.25) is 11.9 Å². The van der Waals surface area contributed by atoms with E-state index in [9.17, 15) is 14.4 Å². The molecule has 2 aliphatic heterocycles. The highest BCUT2D eigenvalue weighted by atomic mass is 16.6. The average molecular weight is 710 g/mol. The quantitative estimate of drug-likeness (QED) is 0.0548. The van der Waals surface area contributed by atoms with Crippen LogP contribution >= 0.6 is 0 Å². The van der Waals surface area contributed by atoms with Gasteiger partial charge in [-0.15, -0.1) is 0 Å². The van der Waals surface area contributed by atoms with E-state index in [2.05, 4.69) is 31.2 Å². The third-order valence-electron chi connectivity index (χ3n) is 8.07.